The van der Waals surface area contributed by atoms with Crippen molar-refractivity contribution in [2.75, 3.05) is 6.61 Å². The van der Waals surface area contributed by atoms with E-state index in [9.17, 15) is 4.79 Å². The highest BCUT2D eigenvalue weighted by Gasteiger charge is 2.14. The van der Waals surface area contributed by atoms with Gasteiger partial charge in [0.2, 0.25) is 0 Å². The summed E-state index contributed by atoms with van der Waals surface area (Å²) in [6.07, 6.45) is 0. The first-order valence-corrected chi connectivity index (χ1v) is 10.9. The van der Waals surface area contributed by atoms with Crippen molar-refractivity contribution < 1.29 is 9.53 Å². The number of nitrogens with one attached hydrogen (secondary N) is 1. The van der Waals surface area contributed by atoms with Gasteiger partial charge in [0, 0.05) is 15.8 Å². The van der Waals surface area contributed by atoms with Gasteiger partial charge < -0.3 is 4.74 Å². The zero-order chi connectivity index (χ0) is 21.8. The number of hydrazone groups is 1. The predicted octanol–water partition coefficient (Wildman–Crippen LogP) is 5.82. The summed E-state index contributed by atoms with van der Waals surface area (Å²) in [4.78, 5) is 20.1. The molecule has 1 amide bonds. The number of nitrogens with zero attached hydrogens (tertiary/aromatic N) is 2. The Balaban J connectivity index is 1.68. The van der Waals surface area contributed by atoms with Gasteiger partial charge >= 0.3 is 0 Å². The molecular formula is C25H23N3O2S. The maximum Gasteiger partial charge on any atom is 0.272 e. The summed E-state index contributed by atoms with van der Waals surface area (Å²) in [5.74, 6) is 0.539. The average Bonchev–Trinajstić information content (AvgIpc) is 3.23. The SMILES string of the molecule is CCOc1ccc(-c2cc(C(=O)N/N=C(/C)c3ccc(C)s3)c3ccccc3n2)cc1. The summed E-state index contributed by atoms with van der Waals surface area (Å²) >= 11 is 1.65. The number of ether oxygens (including phenoxy) is 1. The highest BCUT2D eigenvalue weighted by Crippen LogP contribution is 2.26. The minimum Gasteiger partial charge on any atom is -0.494 e. The van der Waals surface area contributed by atoms with Crippen molar-refractivity contribution in [3.8, 4) is 17.0 Å². The van der Waals surface area contributed by atoms with E-state index >= 15 is 0 Å². The van der Waals surface area contributed by atoms with Crippen LogP contribution in [0.4, 0.5) is 0 Å². The highest BCUT2D eigenvalue weighted by atomic mass is 32.1. The zero-order valence-electron chi connectivity index (χ0n) is 17.7. The van der Waals surface area contributed by atoms with Crippen LogP contribution in [-0.4, -0.2) is 23.2 Å². The average molecular weight is 430 g/mol. The number of carbonyl (C=O) groups excluding carboxylic acids is 1. The van der Waals surface area contributed by atoms with Gasteiger partial charge in [0.1, 0.15) is 5.75 Å². The van der Waals surface area contributed by atoms with Gasteiger partial charge in [-0.15, -0.1) is 11.3 Å². The van der Waals surface area contributed by atoms with E-state index in [0.717, 1.165) is 38.5 Å². The number of hydrogen-bond donors (Lipinski definition) is 1. The molecule has 6 heteroatoms. The van der Waals surface area contributed by atoms with Crippen LogP contribution in [0.5, 0.6) is 5.75 Å². The van der Waals surface area contributed by atoms with Gasteiger partial charge in [-0.1, -0.05) is 18.2 Å². The first kappa shape index (κ1) is 20.8. The molecular weight excluding hydrogens is 406 g/mol. The van der Waals surface area contributed by atoms with Crippen molar-refractivity contribution in [2.45, 2.75) is 20.8 Å². The number of aromatic nitrogens is 1. The summed E-state index contributed by atoms with van der Waals surface area (Å²) in [6.45, 7) is 6.50. The molecule has 0 aliphatic carbocycles. The van der Waals surface area contributed by atoms with Crippen LogP contribution in [-0.2, 0) is 0 Å². The molecule has 4 aromatic rings. The minimum atomic E-state index is -0.265. The highest BCUT2D eigenvalue weighted by molar-refractivity contribution is 7.14. The number of benzene rings is 2. The second kappa shape index (κ2) is 9.10. The van der Waals surface area contributed by atoms with E-state index in [1.807, 2.05) is 87.5 Å². The fourth-order valence-corrected chi connectivity index (χ4v) is 4.09. The molecule has 0 atom stereocenters. The first-order chi connectivity index (χ1) is 15.0. The second-order valence-corrected chi connectivity index (χ2v) is 8.37. The zero-order valence-corrected chi connectivity index (χ0v) is 18.5. The number of amides is 1. The van der Waals surface area contributed by atoms with Crippen molar-refractivity contribution in [1.82, 2.24) is 10.4 Å². The third kappa shape index (κ3) is 4.64. The topological polar surface area (TPSA) is 63.6 Å². The molecule has 2 aromatic heterocycles. The minimum absolute atomic E-state index is 0.265. The van der Waals surface area contributed by atoms with Gasteiger partial charge in [0.25, 0.3) is 5.91 Å². The summed E-state index contributed by atoms with van der Waals surface area (Å²) in [5, 5.41) is 5.10. The van der Waals surface area contributed by atoms with Crippen LogP contribution < -0.4 is 10.2 Å². The monoisotopic (exact) mass is 429 g/mol. The number of rotatable bonds is 6. The molecule has 156 valence electrons. The molecule has 2 heterocycles. The lowest BCUT2D eigenvalue weighted by Gasteiger charge is -2.10. The molecule has 0 bridgehead atoms. The molecule has 0 unspecified atom stereocenters. The summed E-state index contributed by atoms with van der Waals surface area (Å²) in [7, 11) is 0. The van der Waals surface area contributed by atoms with Crippen molar-refractivity contribution in [3.63, 3.8) is 0 Å². The normalized spacial score (nSPS) is 11.5. The predicted molar refractivity (Wildman–Crippen MR) is 127 cm³/mol. The van der Waals surface area contributed by atoms with Gasteiger partial charge in [-0.25, -0.2) is 10.4 Å². The molecule has 0 saturated carbocycles. The Bertz CT molecular complexity index is 1260. The molecule has 0 fully saturated rings. The third-order valence-corrected chi connectivity index (χ3v) is 5.95. The van der Waals surface area contributed by atoms with Gasteiger partial charge in [-0.05, 0) is 69.3 Å². The number of pyridine rings is 1. The van der Waals surface area contributed by atoms with Crippen LogP contribution in [0.2, 0.25) is 0 Å². The van der Waals surface area contributed by atoms with Gasteiger partial charge in [0.15, 0.2) is 0 Å². The molecule has 0 saturated heterocycles. The number of carbonyl (C=O) groups is 1. The van der Waals surface area contributed by atoms with E-state index in [-0.39, 0.29) is 5.91 Å². The van der Waals surface area contributed by atoms with Gasteiger partial charge in [-0.3, -0.25) is 4.79 Å². The van der Waals surface area contributed by atoms with Gasteiger partial charge in [0.05, 0.1) is 34.0 Å². The molecule has 0 radical (unpaired) electrons. The maximum absolute atomic E-state index is 13.1. The number of aryl methyl sites for hydroxylation is 1. The fraction of sp³-hybridized carbons (Fsp3) is 0.160. The molecule has 2 aromatic carbocycles. The Morgan fingerprint density at radius 1 is 1.10 bits per heavy atom. The van der Waals surface area contributed by atoms with Gasteiger partial charge in [-0.2, -0.15) is 5.10 Å². The molecule has 31 heavy (non-hydrogen) atoms. The van der Waals surface area contributed by atoms with Crippen molar-refractivity contribution in [2.24, 2.45) is 5.10 Å². The Morgan fingerprint density at radius 2 is 1.87 bits per heavy atom. The number of para-hydroxylation sites is 1. The molecule has 0 aliphatic heterocycles. The molecule has 5 nitrogen and oxygen atoms in total. The van der Waals surface area contributed by atoms with Crippen LogP contribution in [0.25, 0.3) is 22.2 Å². The van der Waals surface area contributed by atoms with E-state index in [2.05, 4.69) is 10.5 Å². The summed E-state index contributed by atoms with van der Waals surface area (Å²) < 4.78 is 5.52. The van der Waals surface area contributed by atoms with E-state index < -0.39 is 0 Å². The number of thiophene rings is 1. The summed E-state index contributed by atoms with van der Waals surface area (Å²) in [6, 6.07) is 21.2. The molecule has 0 spiro atoms. The number of fused-ring (bicyclic) bond motifs is 1. The fourth-order valence-electron chi connectivity index (χ4n) is 3.28. The van der Waals surface area contributed by atoms with Crippen molar-refractivity contribution in [3.05, 3.63) is 82.0 Å². The molecule has 4 rings (SSSR count). The lowest BCUT2D eigenvalue weighted by molar-refractivity contribution is 0.0956. The Kier molecular flexibility index (Phi) is 6.09. The van der Waals surface area contributed by atoms with Crippen LogP contribution in [0, 0.1) is 6.92 Å². The first-order valence-electron chi connectivity index (χ1n) is 10.1. The van der Waals surface area contributed by atoms with Crippen molar-refractivity contribution in [1.29, 1.82) is 0 Å². The van der Waals surface area contributed by atoms with Crippen LogP contribution in [0.3, 0.4) is 0 Å². The second-order valence-electron chi connectivity index (χ2n) is 7.08. The quantitative estimate of drug-likeness (QED) is 0.310. The Hall–Kier alpha value is -3.51. The lowest BCUT2D eigenvalue weighted by atomic mass is 10.0. The van der Waals surface area contributed by atoms with Crippen LogP contribution >= 0.6 is 11.3 Å². The Labute approximate surface area is 185 Å². The Morgan fingerprint density at radius 3 is 2.58 bits per heavy atom. The van der Waals surface area contributed by atoms with E-state index in [4.69, 9.17) is 9.72 Å². The standard InChI is InChI=1S/C25H23N3O2S/c1-4-30-19-12-10-18(11-13-19)23-15-21(20-7-5-6-8-22(20)26-23)25(29)28-27-17(3)24-14-9-16(2)31-24/h5-15H,4H2,1-3H3,(H,28,29)/b27-17-. The van der Waals surface area contributed by atoms with Crippen LogP contribution in [0.1, 0.15) is 34.0 Å². The number of hydrogen-bond acceptors (Lipinski definition) is 5. The largest absolute Gasteiger partial charge is 0.494 e. The smallest absolute Gasteiger partial charge is 0.272 e. The van der Waals surface area contributed by atoms with E-state index in [1.54, 1.807) is 11.3 Å². The van der Waals surface area contributed by atoms with E-state index in [0.29, 0.717) is 12.2 Å². The lowest BCUT2D eigenvalue weighted by Crippen LogP contribution is -2.19. The molecule has 1 N–H and O–H groups in total. The van der Waals surface area contributed by atoms with Crippen molar-refractivity contribution >= 4 is 33.9 Å². The molecule has 0 aliphatic rings. The third-order valence-electron chi connectivity index (χ3n) is 4.84. The maximum atomic E-state index is 13.1. The van der Waals surface area contributed by atoms with E-state index in [1.165, 1.54) is 4.88 Å². The summed E-state index contributed by atoms with van der Waals surface area (Å²) in [5.41, 5.74) is 6.42. The van der Waals surface area contributed by atoms with Crippen LogP contribution in [0.15, 0.2) is 71.8 Å².